The molecule has 2 aliphatic carbocycles. The minimum atomic E-state index is -5.21. The molecule has 4 saturated heterocycles. The average molecular weight is 1390 g/mol. The average Bonchev–Trinajstić information content (AvgIpc) is 1.66. The van der Waals surface area contributed by atoms with Crippen molar-refractivity contribution in [1.29, 1.82) is 0 Å². The van der Waals surface area contributed by atoms with Gasteiger partial charge in [-0.3, -0.25) is 38.1 Å². The molecular formula is C64H87N13O18S2. The lowest BCUT2D eigenvalue weighted by Crippen LogP contribution is -2.64. The maximum absolute atomic E-state index is 14.7. The van der Waals surface area contributed by atoms with E-state index in [0.717, 1.165) is 119 Å². The molecule has 14 N–H and O–H groups in total. The number of primary amides is 1. The van der Waals surface area contributed by atoms with E-state index in [2.05, 4.69) is 45.9 Å². The van der Waals surface area contributed by atoms with Gasteiger partial charge in [0.25, 0.3) is 0 Å². The lowest BCUT2D eigenvalue weighted by Gasteiger charge is -2.34. The van der Waals surface area contributed by atoms with Crippen molar-refractivity contribution in [3.05, 3.63) is 65.4 Å². The number of aromatic nitrogens is 4. The maximum Gasteiger partial charge on any atom is 0.446 e. The predicted octanol–water partition coefficient (Wildman–Crippen LogP) is -0.536. The molecule has 97 heavy (non-hydrogen) atoms. The van der Waals surface area contributed by atoms with E-state index in [-0.39, 0.29) is 43.3 Å². The molecule has 4 aromatic rings. The highest BCUT2D eigenvalue weighted by Gasteiger charge is 2.50. The van der Waals surface area contributed by atoms with Crippen molar-refractivity contribution in [3.8, 4) is 33.2 Å². The first kappa shape index (κ1) is 72.2. The largest absolute Gasteiger partial charge is 0.504 e. The summed E-state index contributed by atoms with van der Waals surface area (Å²) in [6, 6.07) is 0.479. The monoisotopic (exact) mass is 1390 g/mol. The molecule has 6 aliphatic rings. The number of phenols is 1. The zero-order valence-electron chi connectivity index (χ0n) is 53.9. The van der Waals surface area contributed by atoms with Gasteiger partial charge in [0.2, 0.25) is 47.3 Å². The number of fused-ring (bicyclic) bond motifs is 2. The molecule has 6 heterocycles. The number of carbonyl (C=O) groups excluding carboxylic acids is 7. The van der Waals surface area contributed by atoms with Crippen molar-refractivity contribution < 1.29 is 86.1 Å². The highest BCUT2D eigenvalue weighted by Crippen LogP contribution is 2.39. The summed E-state index contributed by atoms with van der Waals surface area (Å²) in [6.45, 7) is 3.84. The lowest BCUT2D eigenvalue weighted by molar-refractivity contribution is -0.147. The molecule has 4 aliphatic heterocycles. The van der Waals surface area contributed by atoms with Crippen LogP contribution in [0.15, 0.2) is 54.9 Å². The van der Waals surface area contributed by atoms with E-state index in [1.807, 2.05) is 36.7 Å². The summed E-state index contributed by atoms with van der Waals surface area (Å²) in [7, 11) is -5.21. The normalized spacial score (nSPS) is 28.2. The van der Waals surface area contributed by atoms with Crippen LogP contribution >= 0.6 is 11.3 Å². The molecule has 0 unspecified atom stereocenters. The summed E-state index contributed by atoms with van der Waals surface area (Å²) in [6.07, 6.45) is 3.43. The first-order valence-electron chi connectivity index (χ1n) is 33.1. The molecular weight excluding hydrogens is 1300 g/mol. The van der Waals surface area contributed by atoms with E-state index in [1.165, 1.54) is 38.0 Å². The third kappa shape index (κ3) is 18.2. The Morgan fingerprint density at radius 3 is 2.07 bits per heavy atom. The van der Waals surface area contributed by atoms with E-state index < -0.39 is 162 Å². The van der Waals surface area contributed by atoms with Crippen molar-refractivity contribution in [1.82, 2.24) is 56.5 Å². The summed E-state index contributed by atoms with van der Waals surface area (Å²) < 4.78 is 43.3. The van der Waals surface area contributed by atoms with E-state index in [4.69, 9.17) is 20.4 Å². The Labute approximate surface area is 564 Å². The molecule has 528 valence electrons. The number of aliphatic hydroxyl groups is 5. The summed E-state index contributed by atoms with van der Waals surface area (Å²) in [5.74, 6) is -9.09. The summed E-state index contributed by atoms with van der Waals surface area (Å²) in [5, 5.41) is 91.4. The summed E-state index contributed by atoms with van der Waals surface area (Å²) in [4.78, 5) is 113. The Morgan fingerprint density at radius 1 is 0.753 bits per heavy atom. The number of ether oxygens (including phenoxy) is 1. The fraction of sp³-hybridized carbons (Fsp3) is 0.609. The second kappa shape index (κ2) is 31.9. The van der Waals surface area contributed by atoms with Crippen molar-refractivity contribution >= 4 is 69.0 Å². The number of benzene rings is 2. The van der Waals surface area contributed by atoms with Gasteiger partial charge in [0, 0.05) is 80.9 Å². The van der Waals surface area contributed by atoms with Crippen molar-refractivity contribution in [3.63, 3.8) is 0 Å². The van der Waals surface area contributed by atoms with Gasteiger partial charge in [-0.1, -0.05) is 61.4 Å². The van der Waals surface area contributed by atoms with E-state index in [1.54, 1.807) is 0 Å². The number of hydrogen-bond acceptors (Lipinski definition) is 24. The molecule has 7 amide bonds. The topological polar surface area (TPSA) is 461 Å². The van der Waals surface area contributed by atoms with Gasteiger partial charge >= 0.3 is 10.4 Å². The van der Waals surface area contributed by atoms with E-state index in [9.17, 15) is 77.2 Å². The van der Waals surface area contributed by atoms with Crippen LogP contribution in [0.5, 0.6) is 11.5 Å². The Morgan fingerprint density at radius 2 is 1.40 bits per heavy atom. The number of hydrogen-bond donors (Lipinski definition) is 13. The van der Waals surface area contributed by atoms with Gasteiger partial charge in [-0.25, -0.2) is 9.97 Å². The zero-order chi connectivity index (χ0) is 69.4. The number of amides is 7. The molecule has 10 rings (SSSR count). The maximum atomic E-state index is 14.7. The number of anilines is 1. The Balaban J connectivity index is 0.820. The Bertz CT molecular complexity index is 3550. The zero-order valence-corrected chi connectivity index (χ0v) is 55.6. The Hall–Kier alpha value is -7.60. The van der Waals surface area contributed by atoms with Gasteiger partial charge in [0.15, 0.2) is 11.5 Å². The number of aromatic hydroxyl groups is 1. The fourth-order valence-electron chi connectivity index (χ4n) is 13.9. The second-order valence-corrected chi connectivity index (χ2v) is 28.5. The molecule has 2 saturated carbocycles. The van der Waals surface area contributed by atoms with E-state index in [0.29, 0.717) is 24.7 Å². The first-order chi connectivity index (χ1) is 46.3. The predicted molar refractivity (Wildman–Crippen MR) is 348 cm³/mol. The van der Waals surface area contributed by atoms with Gasteiger partial charge < -0.3 is 86.6 Å². The molecule has 0 radical (unpaired) electrons. The number of nitrogens with zero attached hydrogens (tertiary/aromatic N) is 7. The molecule has 6 fully saturated rings. The molecule has 31 nitrogen and oxygen atoms in total. The van der Waals surface area contributed by atoms with Gasteiger partial charge in [-0.15, -0.1) is 10.2 Å². The summed E-state index contributed by atoms with van der Waals surface area (Å²) in [5.41, 5.74) is 8.13. The Kier molecular flexibility index (Phi) is 23.8. The van der Waals surface area contributed by atoms with Crippen LogP contribution in [0.1, 0.15) is 120 Å². The number of piperidine rings is 1. The number of nitrogens with two attached hydrogens (primary N) is 1. The molecule has 0 bridgehead atoms. The van der Waals surface area contributed by atoms with Crippen molar-refractivity contribution in [2.75, 3.05) is 44.2 Å². The fourth-order valence-corrected chi connectivity index (χ4v) is 15.2. The highest BCUT2D eigenvalue weighted by molar-refractivity contribution is 7.81. The minimum absolute atomic E-state index is 0.0302. The highest BCUT2D eigenvalue weighted by atomic mass is 32.3. The molecule has 2 aromatic heterocycles. The van der Waals surface area contributed by atoms with E-state index >= 15 is 0 Å². The van der Waals surface area contributed by atoms with Crippen LogP contribution in [-0.2, 0) is 55.1 Å². The molecule has 2 aromatic carbocycles. The quantitative estimate of drug-likeness (QED) is 0.0557. The van der Waals surface area contributed by atoms with Gasteiger partial charge in [0.05, 0.1) is 55.2 Å². The van der Waals surface area contributed by atoms with Crippen molar-refractivity contribution in [2.45, 2.75) is 195 Å². The third-order valence-electron chi connectivity index (χ3n) is 19.3. The van der Waals surface area contributed by atoms with Crippen LogP contribution < -0.4 is 41.4 Å². The SMILES string of the molecule is C[C@@H](O)[C@@H]1NC(=O)[C@@H](NC[C@H]2CC[C@H](c3nnc(-c4ccc(-c5cnc(N6CCC(OC7CCCC7)CC6)nc5)cc4)s3)CC2)CCCNC(=O)[C@@H]2[C@@H](O)[C@@H](C)CN2C(=O)[C@H]([C@H](O)CC(N)=O)NC(=O)[C@H]([C@H](O)Cc2ccc(O)c(OS(=O)(=O)O)c2)NC(=O)[C@@H]2C[C@@H](O)CN2C1=O. The standard InChI is InChI=1S/C64H87N13O18S2/c1-33-31-77-54(55(33)84)59(88)66-21-5-8-44(67-28-35-9-12-38(13-10-35)60-73-74-61(96-60)39-16-14-37(15-17-39)40-29-68-64(69-30-40)75-22-19-43(20-23-75)94-42-6-3-4-7-42)56(85)70-51(34(2)78)62(89)76-32-41(79)26-45(76)57(86)71-52(58(87)72-53(63(77)90)48(82)27-50(65)83)47(81)24-36-11-18-46(80)49(25-36)95-97(91,92)93/h11,14-18,25,29-30,33-35,38,41-45,47-48,51-55,67,78-82,84H,3-10,12-13,19-24,26-28,31-32H2,1-2H3,(H2,65,83)(H,66,88)(H,70,85)(H,71,86)(H,72,87)(H,91,92,93)/t33-,34+,35-,38-,41+,44-,45-,47+,48+,51-,52-,53-,54-,55-/m0/s1. The van der Waals surface area contributed by atoms with Crippen LogP contribution in [0.4, 0.5) is 5.95 Å². The van der Waals surface area contributed by atoms with Crippen LogP contribution in [0.3, 0.4) is 0 Å². The summed E-state index contributed by atoms with van der Waals surface area (Å²) >= 11 is 1.54. The van der Waals surface area contributed by atoms with Crippen LogP contribution in [0.2, 0.25) is 0 Å². The first-order valence-corrected chi connectivity index (χ1v) is 35.3. The van der Waals surface area contributed by atoms with Gasteiger partial charge in [-0.2, -0.15) is 8.42 Å². The van der Waals surface area contributed by atoms with Gasteiger partial charge in [-0.05, 0) is 107 Å². The number of phenolic OH excluding ortho intramolecular Hbond substituents is 1. The number of carbonyl (C=O) groups is 7. The number of nitrogens with one attached hydrogen (secondary N) is 5. The van der Waals surface area contributed by atoms with Gasteiger partial charge in [0.1, 0.15) is 40.2 Å². The molecule has 0 spiro atoms. The van der Waals surface area contributed by atoms with Crippen LogP contribution in [0.25, 0.3) is 21.7 Å². The molecule has 12 atom stereocenters. The van der Waals surface area contributed by atoms with Crippen LogP contribution in [0, 0.1) is 11.8 Å². The lowest BCUT2D eigenvalue weighted by atomic mass is 9.82. The number of rotatable bonds is 18. The smallest absolute Gasteiger partial charge is 0.446 e. The third-order valence-corrected chi connectivity index (χ3v) is 20.8. The van der Waals surface area contributed by atoms with Crippen molar-refractivity contribution in [2.24, 2.45) is 17.6 Å². The minimum Gasteiger partial charge on any atom is -0.504 e. The number of aliphatic hydroxyl groups excluding tert-OH is 5. The van der Waals surface area contributed by atoms with Crippen LogP contribution in [-0.4, -0.2) is 233 Å². The second-order valence-electron chi connectivity index (χ2n) is 26.5. The molecule has 33 heteroatoms.